The average molecular weight is 296 g/mol. The maximum atomic E-state index is 11.9. The molecule has 1 aromatic carbocycles. The molecule has 0 unspecified atom stereocenters. The van der Waals surface area contributed by atoms with Crippen LogP contribution < -0.4 is 10.6 Å². The van der Waals surface area contributed by atoms with Gasteiger partial charge in [0.05, 0.1) is 10.7 Å². The molecule has 0 saturated carbocycles. The number of carbonyl (C=O) groups excluding carboxylic acids is 1. The number of nitrogens with one attached hydrogen (secondary N) is 2. The first-order valence-electron chi connectivity index (χ1n) is 7.12. The van der Waals surface area contributed by atoms with Crippen LogP contribution >= 0.6 is 11.6 Å². The average Bonchev–Trinajstić information content (AvgIpc) is 2.48. The van der Waals surface area contributed by atoms with Crippen LogP contribution in [-0.4, -0.2) is 43.5 Å². The summed E-state index contributed by atoms with van der Waals surface area (Å²) < 4.78 is 0. The van der Waals surface area contributed by atoms with Crippen LogP contribution in [0.5, 0.6) is 0 Å². The minimum absolute atomic E-state index is 0.0129. The van der Waals surface area contributed by atoms with E-state index in [9.17, 15) is 4.79 Å². The van der Waals surface area contributed by atoms with E-state index >= 15 is 0 Å². The molecule has 1 aromatic rings. The normalized spacial score (nSPS) is 16.4. The minimum atomic E-state index is 0.0129. The zero-order valence-corrected chi connectivity index (χ0v) is 12.6. The molecule has 0 aromatic heterocycles. The van der Waals surface area contributed by atoms with Crippen LogP contribution in [-0.2, 0) is 4.79 Å². The molecule has 0 aliphatic carbocycles. The van der Waals surface area contributed by atoms with Crippen molar-refractivity contribution in [2.45, 2.75) is 25.3 Å². The molecule has 0 radical (unpaired) electrons. The summed E-state index contributed by atoms with van der Waals surface area (Å²) in [6.07, 6.45) is 2.80. The van der Waals surface area contributed by atoms with Crippen molar-refractivity contribution in [3.63, 3.8) is 0 Å². The van der Waals surface area contributed by atoms with Crippen LogP contribution in [0.4, 0.5) is 5.69 Å². The molecular weight excluding hydrogens is 274 g/mol. The van der Waals surface area contributed by atoms with Gasteiger partial charge in [-0.05, 0) is 45.1 Å². The van der Waals surface area contributed by atoms with Crippen molar-refractivity contribution >= 4 is 23.2 Å². The van der Waals surface area contributed by atoms with Crippen molar-refractivity contribution in [2.24, 2.45) is 0 Å². The van der Waals surface area contributed by atoms with Crippen LogP contribution in [0.1, 0.15) is 19.3 Å². The van der Waals surface area contributed by atoms with Gasteiger partial charge in [0, 0.05) is 19.0 Å². The summed E-state index contributed by atoms with van der Waals surface area (Å²) >= 11 is 6.02. The molecule has 1 aliphatic heterocycles. The Labute approximate surface area is 125 Å². The van der Waals surface area contributed by atoms with E-state index in [-0.39, 0.29) is 5.91 Å². The highest BCUT2D eigenvalue weighted by molar-refractivity contribution is 6.33. The van der Waals surface area contributed by atoms with Gasteiger partial charge in [0.25, 0.3) is 0 Å². The smallest absolute Gasteiger partial charge is 0.225 e. The Balaban J connectivity index is 1.76. The van der Waals surface area contributed by atoms with E-state index in [1.165, 1.54) is 0 Å². The first-order chi connectivity index (χ1) is 9.66. The quantitative estimate of drug-likeness (QED) is 0.876. The van der Waals surface area contributed by atoms with Crippen molar-refractivity contribution in [3.05, 3.63) is 29.3 Å². The summed E-state index contributed by atoms with van der Waals surface area (Å²) in [5, 5.41) is 6.79. The van der Waals surface area contributed by atoms with E-state index in [2.05, 4.69) is 22.6 Å². The lowest BCUT2D eigenvalue weighted by atomic mass is 10.1. The van der Waals surface area contributed by atoms with Crippen molar-refractivity contribution in [3.8, 4) is 0 Å². The molecular formula is C15H22ClN3O. The highest BCUT2D eigenvalue weighted by atomic mass is 35.5. The van der Waals surface area contributed by atoms with Gasteiger partial charge >= 0.3 is 0 Å². The van der Waals surface area contributed by atoms with E-state index in [0.29, 0.717) is 23.2 Å². The Morgan fingerprint density at radius 2 is 2.10 bits per heavy atom. The zero-order chi connectivity index (χ0) is 14.4. The minimum Gasteiger partial charge on any atom is -0.325 e. The molecule has 110 valence electrons. The number of nitrogens with zero attached hydrogens (tertiary/aromatic N) is 1. The predicted octanol–water partition coefficient (Wildman–Crippen LogP) is 2.35. The van der Waals surface area contributed by atoms with E-state index < -0.39 is 0 Å². The Morgan fingerprint density at radius 1 is 1.40 bits per heavy atom. The number of halogens is 1. The van der Waals surface area contributed by atoms with Gasteiger partial charge in [-0.3, -0.25) is 4.79 Å². The second-order valence-electron chi connectivity index (χ2n) is 5.24. The number of piperidine rings is 1. The lowest BCUT2D eigenvalue weighted by Gasteiger charge is -2.31. The number of amides is 1. The Hall–Kier alpha value is -1.10. The third kappa shape index (κ3) is 4.47. The standard InChI is InChI=1S/C15H22ClN3O/c1-19(12-6-9-17-10-7-12)11-8-15(20)18-14-5-3-2-4-13(14)16/h2-5,12,17H,6-11H2,1H3,(H,18,20). The summed E-state index contributed by atoms with van der Waals surface area (Å²) in [5.74, 6) is 0.0129. The van der Waals surface area contributed by atoms with Gasteiger partial charge in [0.2, 0.25) is 5.91 Å². The van der Waals surface area contributed by atoms with Gasteiger partial charge < -0.3 is 15.5 Å². The summed E-state index contributed by atoms with van der Waals surface area (Å²) in [4.78, 5) is 14.2. The fourth-order valence-corrected chi connectivity index (χ4v) is 2.67. The van der Waals surface area contributed by atoms with Gasteiger partial charge in [-0.25, -0.2) is 0 Å². The predicted molar refractivity (Wildman–Crippen MR) is 83.2 cm³/mol. The zero-order valence-electron chi connectivity index (χ0n) is 11.9. The highest BCUT2D eigenvalue weighted by Crippen LogP contribution is 2.20. The first-order valence-corrected chi connectivity index (χ1v) is 7.50. The van der Waals surface area contributed by atoms with Crippen LogP contribution in [0.15, 0.2) is 24.3 Å². The number of para-hydroxylation sites is 1. The fraction of sp³-hybridized carbons (Fsp3) is 0.533. The molecule has 2 rings (SSSR count). The van der Waals surface area contributed by atoms with Gasteiger partial charge in [0.1, 0.15) is 0 Å². The van der Waals surface area contributed by atoms with Crippen LogP contribution in [0.2, 0.25) is 5.02 Å². The maximum Gasteiger partial charge on any atom is 0.225 e. The lowest BCUT2D eigenvalue weighted by Crippen LogP contribution is -2.42. The summed E-state index contributed by atoms with van der Waals surface area (Å²) in [6, 6.07) is 7.89. The van der Waals surface area contributed by atoms with Gasteiger partial charge in [-0.1, -0.05) is 23.7 Å². The molecule has 1 saturated heterocycles. The van der Waals surface area contributed by atoms with Gasteiger partial charge in [-0.15, -0.1) is 0 Å². The first kappa shape index (κ1) is 15.3. The number of benzene rings is 1. The monoisotopic (exact) mass is 295 g/mol. The molecule has 4 nitrogen and oxygen atoms in total. The number of hydrogen-bond acceptors (Lipinski definition) is 3. The molecule has 5 heteroatoms. The van der Waals surface area contributed by atoms with Gasteiger partial charge in [0.15, 0.2) is 0 Å². The second kappa shape index (κ2) is 7.62. The molecule has 1 amide bonds. The van der Waals surface area contributed by atoms with E-state index in [1.807, 2.05) is 18.2 Å². The largest absolute Gasteiger partial charge is 0.325 e. The SMILES string of the molecule is CN(CCC(=O)Nc1ccccc1Cl)C1CCNCC1. The van der Waals surface area contributed by atoms with Crippen LogP contribution in [0.25, 0.3) is 0 Å². The number of carbonyl (C=O) groups is 1. The Bertz CT molecular complexity index is 446. The second-order valence-corrected chi connectivity index (χ2v) is 5.65. The van der Waals surface area contributed by atoms with E-state index in [4.69, 9.17) is 11.6 Å². The van der Waals surface area contributed by atoms with E-state index in [0.717, 1.165) is 32.5 Å². The number of rotatable bonds is 5. The number of anilines is 1. The molecule has 2 N–H and O–H groups in total. The molecule has 1 aliphatic rings. The third-order valence-electron chi connectivity index (χ3n) is 3.77. The molecule has 1 heterocycles. The summed E-state index contributed by atoms with van der Waals surface area (Å²) in [7, 11) is 2.10. The van der Waals surface area contributed by atoms with Crippen LogP contribution in [0, 0.1) is 0 Å². The number of hydrogen-bond donors (Lipinski definition) is 2. The van der Waals surface area contributed by atoms with Crippen molar-refractivity contribution in [1.82, 2.24) is 10.2 Å². The fourth-order valence-electron chi connectivity index (χ4n) is 2.48. The summed E-state index contributed by atoms with van der Waals surface area (Å²) in [5.41, 5.74) is 0.684. The van der Waals surface area contributed by atoms with E-state index in [1.54, 1.807) is 6.07 Å². The Morgan fingerprint density at radius 3 is 2.80 bits per heavy atom. The summed E-state index contributed by atoms with van der Waals surface area (Å²) in [6.45, 7) is 2.92. The van der Waals surface area contributed by atoms with Gasteiger partial charge in [-0.2, -0.15) is 0 Å². The molecule has 0 spiro atoms. The van der Waals surface area contributed by atoms with Crippen molar-refractivity contribution < 1.29 is 4.79 Å². The van der Waals surface area contributed by atoms with Crippen molar-refractivity contribution in [2.75, 3.05) is 32.0 Å². The third-order valence-corrected chi connectivity index (χ3v) is 4.10. The Kier molecular flexibility index (Phi) is 5.83. The molecule has 1 fully saturated rings. The maximum absolute atomic E-state index is 11.9. The lowest BCUT2D eigenvalue weighted by molar-refractivity contribution is -0.116. The molecule has 0 atom stereocenters. The van der Waals surface area contributed by atoms with Crippen molar-refractivity contribution in [1.29, 1.82) is 0 Å². The van der Waals surface area contributed by atoms with Crippen LogP contribution in [0.3, 0.4) is 0 Å². The molecule has 0 bridgehead atoms. The highest BCUT2D eigenvalue weighted by Gasteiger charge is 2.18. The topological polar surface area (TPSA) is 44.4 Å². The molecule has 20 heavy (non-hydrogen) atoms.